The molecule has 1 atom stereocenters. The first-order valence-electron chi connectivity index (χ1n) is 6.60. The lowest BCUT2D eigenvalue weighted by atomic mass is 10.0. The Morgan fingerprint density at radius 2 is 2.14 bits per heavy atom. The number of benzene rings is 1. The van der Waals surface area contributed by atoms with E-state index in [1.807, 2.05) is 0 Å². The van der Waals surface area contributed by atoms with Crippen molar-refractivity contribution in [3.63, 3.8) is 0 Å². The van der Waals surface area contributed by atoms with E-state index in [0.29, 0.717) is 25.1 Å². The van der Waals surface area contributed by atoms with Crippen LogP contribution >= 0.6 is 0 Å². The highest BCUT2D eigenvalue weighted by Crippen LogP contribution is 2.26. The van der Waals surface area contributed by atoms with Gasteiger partial charge < -0.3 is 10.6 Å². The van der Waals surface area contributed by atoms with E-state index in [-0.39, 0.29) is 12.6 Å². The fourth-order valence-corrected chi connectivity index (χ4v) is 2.53. The number of rotatable bonds is 3. The lowest BCUT2D eigenvalue weighted by Crippen LogP contribution is -2.47. The summed E-state index contributed by atoms with van der Waals surface area (Å²) in [6.07, 6.45) is 2.32. The van der Waals surface area contributed by atoms with E-state index in [1.54, 1.807) is 0 Å². The summed E-state index contributed by atoms with van der Waals surface area (Å²) >= 11 is 0. The minimum absolute atomic E-state index is 0.213. The lowest BCUT2D eigenvalue weighted by molar-refractivity contribution is -0.387. The van der Waals surface area contributed by atoms with Crippen LogP contribution in [0.5, 0.6) is 0 Å². The maximum atomic E-state index is 14.1. The molecule has 1 heterocycles. The van der Waals surface area contributed by atoms with Crippen molar-refractivity contribution >= 4 is 11.6 Å². The Bertz CT molecular complexity index is 580. The van der Waals surface area contributed by atoms with E-state index in [9.17, 15) is 23.7 Å². The number of nitro groups is 1. The van der Waals surface area contributed by atoms with Crippen molar-refractivity contribution < 1.29 is 18.5 Å². The van der Waals surface area contributed by atoms with Gasteiger partial charge in [-0.15, -0.1) is 0 Å². The number of nitro benzene ring substituents is 1. The molecular formula is C13H15F2N3O3. The molecule has 0 radical (unpaired) electrons. The average molecular weight is 299 g/mol. The van der Waals surface area contributed by atoms with Gasteiger partial charge in [0, 0.05) is 19.1 Å². The van der Waals surface area contributed by atoms with Crippen LogP contribution < -0.4 is 5.73 Å². The van der Waals surface area contributed by atoms with Gasteiger partial charge in [0.2, 0.25) is 5.82 Å². The zero-order chi connectivity index (χ0) is 15.6. The SMILES string of the molecule is NCC1CCCCN1C(=O)c1cc(F)cc([N+](=O)[O-])c1F. The van der Waals surface area contributed by atoms with E-state index < -0.39 is 33.7 Å². The maximum Gasteiger partial charge on any atom is 0.308 e. The van der Waals surface area contributed by atoms with Crippen LogP contribution in [0.2, 0.25) is 0 Å². The van der Waals surface area contributed by atoms with E-state index in [0.717, 1.165) is 12.8 Å². The third kappa shape index (κ3) is 2.99. The Morgan fingerprint density at radius 1 is 1.43 bits per heavy atom. The first-order chi connectivity index (χ1) is 9.95. The number of carbonyl (C=O) groups is 1. The molecule has 0 saturated carbocycles. The van der Waals surface area contributed by atoms with Gasteiger partial charge in [-0.05, 0) is 25.3 Å². The fourth-order valence-electron chi connectivity index (χ4n) is 2.53. The molecular weight excluding hydrogens is 284 g/mol. The summed E-state index contributed by atoms with van der Waals surface area (Å²) in [5, 5.41) is 10.7. The molecule has 0 spiro atoms. The smallest absolute Gasteiger partial charge is 0.308 e. The first kappa shape index (κ1) is 15.3. The fraction of sp³-hybridized carbons (Fsp3) is 0.462. The Kier molecular flexibility index (Phi) is 4.46. The minimum atomic E-state index is -1.31. The summed E-state index contributed by atoms with van der Waals surface area (Å²) in [5.74, 6) is -3.09. The van der Waals surface area contributed by atoms with Gasteiger partial charge >= 0.3 is 5.69 Å². The van der Waals surface area contributed by atoms with Gasteiger partial charge in [-0.3, -0.25) is 14.9 Å². The summed E-state index contributed by atoms with van der Waals surface area (Å²) in [4.78, 5) is 23.4. The number of hydrogen-bond donors (Lipinski definition) is 1. The summed E-state index contributed by atoms with van der Waals surface area (Å²) in [6, 6.07) is 0.892. The molecule has 0 aromatic heterocycles. The molecule has 1 aliphatic heterocycles. The molecule has 1 unspecified atom stereocenters. The van der Waals surface area contributed by atoms with Crippen LogP contribution in [0.4, 0.5) is 14.5 Å². The first-order valence-corrected chi connectivity index (χ1v) is 6.60. The highest BCUT2D eigenvalue weighted by Gasteiger charge is 2.31. The van der Waals surface area contributed by atoms with Crippen LogP contribution in [0.25, 0.3) is 0 Å². The number of piperidine rings is 1. The van der Waals surface area contributed by atoms with Crippen molar-refractivity contribution in [2.45, 2.75) is 25.3 Å². The van der Waals surface area contributed by atoms with Crippen molar-refractivity contribution in [2.24, 2.45) is 5.73 Å². The van der Waals surface area contributed by atoms with Gasteiger partial charge in [0.05, 0.1) is 16.6 Å². The number of carbonyl (C=O) groups excluding carboxylic acids is 1. The normalized spacial score (nSPS) is 18.6. The van der Waals surface area contributed by atoms with Crippen LogP contribution in [-0.4, -0.2) is 34.9 Å². The predicted octanol–water partition coefficient (Wildman–Crippen LogP) is 1.83. The molecule has 1 amide bonds. The third-order valence-corrected chi connectivity index (χ3v) is 3.61. The number of amides is 1. The van der Waals surface area contributed by atoms with Crippen LogP contribution in [0.15, 0.2) is 12.1 Å². The van der Waals surface area contributed by atoms with Gasteiger partial charge in [-0.25, -0.2) is 4.39 Å². The topological polar surface area (TPSA) is 89.5 Å². The standard InChI is InChI=1S/C13H15F2N3O3/c14-8-5-10(12(15)11(6-8)18(20)21)13(19)17-4-2-1-3-9(17)7-16/h5-6,9H,1-4,7,16H2. The highest BCUT2D eigenvalue weighted by molar-refractivity contribution is 5.95. The Morgan fingerprint density at radius 3 is 2.76 bits per heavy atom. The molecule has 8 heteroatoms. The van der Waals surface area contributed by atoms with E-state index in [1.165, 1.54) is 4.90 Å². The van der Waals surface area contributed by atoms with Gasteiger partial charge in [0.15, 0.2) is 0 Å². The van der Waals surface area contributed by atoms with Crippen LogP contribution in [0.1, 0.15) is 29.6 Å². The number of nitrogens with zero attached hydrogens (tertiary/aromatic N) is 2. The molecule has 21 heavy (non-hydrogen) atoms. The van der Waals surface area contributed by atoms with Crippen LogP contribution in [-0.2, 0) is 0 Å². The number of hydrogen-bond acceptors (Lipinski definition) is 4. The molecule has 114 valence electrons. The van der Waals surface area contributed by atoms with Crippen LogP contribution in [0, 0.1) is 21.7 Å². The number of nitrogens with two attached hydrogens (primary N) is 1. The number of halogens is 2. The van der Waals surface area contributed by atoms with Crippen molar-refractivity contribution in [1.82, 2.24) is 4.90 Å². The van der Waals surface area contributed by atoms with E-state index in [2.05, 4.69) is 0 Å². The van der Waals surface area contributed by atoms with Crippen LogP contribution in [0.3, 0.4) is 0 Å². The Hall–Kier alpha value is -2.09. The minimum Gasteiger partial charge on any atom is -0.334 e. The van der Waals surface area contributed by atoms with E-state index >= 15 is 0 Å². The van der Waals surface area contributed by atoms with Gasteiger partial charge in [0.1, 0.15) is 5.82 Å². The molecule has 2 rings (SSSR count). The summed E-state index contributed by atoms with van der Waals surface area (Å²) < 4.78 is 27.5. The third-order valence-electron chi connectivity index (χ3n) is 3.61. The second-order valence-corrected chi connectivity index (χ2v) is 4.93. The molecule has 1 fully saturated rings. The van der Waals surface area contributed by atoms with E-state index in [4.69, 9.17) is 5.73 Å². The quantitative estimate of drug-likeness (QED) is 0.681. The summed E-state index contributed by atoms with van der Waals surface area (Å²) in [6.45, 7) is 0.592. The molecule has 1 aromatic carbocycles. The maximum absolute atomic E-state index is 14.1. The molecule has 2 N–H and O–H groups in total. The monoisotopic (exact) mass is 299 g/mol. The molecule has 1 saturated heterocycles. The molecule has 0 bridgehead atoms. The summed E-state index contributed by atoms with van der Waals surface area (Å²) in [7, 11) is 0. The molecule has 1 aromatic rings. The van der Waals surface area contributed by atoms with Gasteiger partial charge in [0.25, 0.3) is 5.91 Å². The largest absolute Gasteiger partial charge is 0.334 e. The predicted molar refractivity (Wildman–Crippen MR) is 70.7 cm³/mol. The second kappa shape index (κ2) is 6.13. The Labute approximate surface area is 119 Å². The van der Waals surface area contributed by atoms with Gasteiger partial charge in [-0.1, -0.05) is 0 Å². The highest BCUT2D eigenvalue weighted by atomic mass is 19.1. The van der Waals surface area contributed by atoms with Crippen molar-refractivity contribution in [3.05, 3.63) is 39.4 Å². The summed E-state index contributed by atoms with van der Waals surface area (Å²) in [5.41, 5.74) is 3.92. The molecule has 0 aliphatic carbocycles. The van der Waals surface area contributed by atoms with Crippen molar-refractivity contribution in [1.29, 1.82) is 0 Å². The molecule has 1 aliphatic rings. The van der Waals surface area contributed by atoms with Gasteiger partial charge in [-0.2, -0.15) is 4.39 Å². The Balaban J connectivity index is 2.41. The zero-order valence-corrected chi connectivity index (χ0v) is 11.2. The van der Waals surface area contributed by atoms with Crippen molar-refractivity contribution in [2.75, 3.05) is 13.1 Å². The molecule has 6 nitrogen and oxygen atoms in total. The average Bonchev–Trinajstić information content (AvgIpc) is 2.48. The second-order valence-electron chi connectivity index (χ2n) is 4.93. The zero-order valence-electron chi connectivity index (χ0n) is 11.2. The van der Waals surface area contributed by atoms with Crippen molar-refractivity contribution in [3.8, 4) is 0 Å². The lowest BCUT2D eigenvalue weighted by Gasteiger charge is -2.35. The number of likely N-dealkylation sites (tertiary alicyclic amines) is 1.